The molecule has 3 rings (SSSR count). The van der Waals surface area contributed by atoms with Crippen molar-refractivity contribution < 1.29 is 14.1 Å². The first-order valence-electron chi connectivity index (χ1n) is 8.49. The number of hydrogen-bond donors (Lipinski definition) is 0. The monoisotopic (exact) mass is 500 g/mol. The predicted molar refractivity (Wildman–Crippen MR) is 116 cm³/mol. The normalized spacial score (nSPS) is 11.0. The van der Waals surface area contributed by atoms with Crippen LogP contribution in [0.2, 0.25) is 0 Å². The fraction of sp³-hybridized carbons (Fsp3) is 0.0455. The number of ether oxygens (including phenoxy) is 1. The van der Waals surface area contributed by atoms with E-state index < -0.39 is 4.92 Å². The van der Waals surface area contributed by atoms with Crippen molar-refractivity contribution in [3.63, 3.8) is 0 Å². The summed E-state index contributed by atoms with van der Waals surface area (Å²) in [6, 6.07) is 19.7. The highest BCUT2D eigenvalue weighted by Crippen LogP contribution is 2.27. The van der Waals surface area contributed by atoms with Crippen molar-refractivity contribution in [1.29, 1.82) is 5.26 Å². The molecule has 0 aliphatic rings. The van der Waals surface area contributed by atoms with E-state index in [-0.39, 0.29) is 18.1 Å². The first kappa shape index (κ1) is 20.5. The predicted octanol–water partition coefficient (Wildman–Crippen LogP) is 5.98. The maximum Gasteiger partial charge on any atom is 0.270 e. The van der Waals surface area contributed by atoms with E-state index in [1.807, 2.05) is 6.07 Å². The summed E-state index contributed by atoms with van der Waals surface area (Å²) in [4.78, 5) is 10.5. The molecule has 0 aromatic heterocycles. The van der Waals surface area contributed by atoms with Crippen LogP contribution in [-0.4, -0.2) is 4.92 Å². The number of allylic oxidation sites excluding steroid dienone is 1. The minimum atomic E-state index is -0.494. The lowest BCUT2D eigenvalue weighted by Crippen LogP contribution is -1.97. The molecule has 29 heavy (non-hydrogen) atoms. The fourth-order valence-electron chi connectivity index (χ4n) is 2.65. The van der Waals surface area contributed by atoms with Crippen LogP contribution < -0.4 is 4.74 Å². The van der Waals surface area contributed by atoms with Crippen molar-refractivity contribution >= 4 is 39.9 Å². The van der Waals surface area contributed by atoms with Crippen LogP contribution >= 0.6 is 22.6 Å². The maximum atomic E-state index is 13.3. The Morgan fingerprint density at radius 3 is 2.66 bits per heavy atom. The Morgan fingerprint density at radius 1 is 1.17 bits per heavy atom. The van der Waals surface area contributed by atoms with Crippen molar-refractivity contribution in [1.82, 2.24) is 0 Å². The van der Waals surface area contributed by atoms with Crippen LogP contribution in [-0.2, 0) is 6.61 Å². The Morgan fingerprint density at radius 2 is 1.97 bits per heavy atom. The number of nitro benzene ring substituents is 1. The molecule has 0 spiro atoms. The Kier molecular flexibility index (Phi) is 6.57. The van der Waals surface area contributed by atoms with Gasteiger partial charge in [-0.2, -0.15) is 5.26 Å². The number of non-ortho nitro benzene ring substituents is 1. The molecule has 0 saturated carbocycles. The third-order valence-electron chi connectivity index (χ3n) is 4.04. The van der Waals surface area contributed by atoms with E-state index in [9.17, 15) is 19.8 Å². The van der Waals surface area contributed by atoms with E-state index in [0.29, 0.717) is 16.9 Å². The van der Waals surface area contributed by atoms with Gasteiger partial charge in [-0.05, 0) is 69.6 Å². The van der Waals surface area contributed by atoms with E-state index in [1.54, 1.807) is 42.5 Å². The summed E-state index contributed by atoms with van der Waals surface area (Å²) in [7, 11) is 0. The van der Waals surface area contributed by atoms with Gasteiger partial charge >= 0.3 is 0 Å². The first-order chi connectivity index (χ1) is 14.0. The van der Waals surface area contributed by atoms with Crippen LogP contribution in [0.15, 0.2) is 66.7 Å². The van der Waals surface area contributed by atoms with E-state index in [4.69, 9.17) is 4.74 Å². The molecule has 3 aromatic carbocycles. The molecule has 0 atom stereocenters. The highest BCUT2D eigenvalue weighted by molar-refractivity contribution is 14.1. The molecular formula is C22H14FIN2O3. The van der Waals surface area contributed by atoms with Crippen LogP contribution in [0, 0.1) is 30.8 Å². The second-order valence-electron chi connectivity index (χ2n) is 6.09. The minimum Gasteiger partial charge on any atom is -0.488 e. The van der Waals surface area contributed by atoms with Crippen molar-refractivity contribution in [2.24, 2.45) is 0 Å². The molecule has 5 nitrogen and oxygen atoms in total. The summed E-state index contributed by atoms with van der Waals surface area (Å²) in [5.74, 6) is 0.326. The number of benzene rings is 3. The largest absolute Gasteiger partial charge is 0.488 e. The van der Waals surface area contributed by atoms with Gasteiger partial charge < -0.3 is 4.74 Å². The summed E-state index contributed by atoms with van der Waals surface area (Å²) >= 11 is 2.12. The highest BCUT2D eigenvalue weighted by atomic mass is 127. The van der Waals surface area contributed by atoms with Gasteiger partial charge in [-0.15, -0.1) is 0 Å². The van der Waals surface area contributed by atoms with Gasteiger partial charge in [0.25, 0.3) is 5.69 Å². The van der Waals surface area contributed by atoms with Gasteiger partial charge in [-0.25, -0.2) is 4.39 Å². The number of hydrogen-bond acceptors (Lipinski definition) is 4. The van der Waals surface area contributed by atoms with Gasteiger partial charge in [0.05, 0.1) is 20.1 Å². The molecule has 144 valence electrons. The number of rotatable bonds is 6. The Hall–Kier alpha value is -3.25. The molecule has 0 unspecified atom stereocenters. The van der Waals surface area contributed by atoms with E-state index >= 15 is 0 Å². The fourth-order valence-corrected chi connectivity index (χ4v) is 3.34. The Labute approximate surface area is 180 Å². The zero-order chi connectivity index (χ0) is 20.8. The Balaban J connectivity index is 1.80. The quantitative estimate of drug-likeness (QED) is 0.137. The molecule has 0 aliphatic heterocycles. The van der Waals surface area contributed by atoms with Gasteiger partial charge in [-0.3, -0.25) is 10.1 Å². The number of halogens is 2. The second kappa shape index (κ2) is 9.30. The third kappa shape index (κ3) is 5.39. The molecule has 3 aromatic rings. The van der Waals surface area contributed by atoms with Crippen LogP contribution in [0.25, 0.3) is 11.6 Å². The molecule has 0 amide bonds. The van der Waals surface area contributed by atoms with Crippen molar-refractivity contribution in [2.75, 3.05) is 0 Å². The average Bonchev–Trinajstić information content (AvgIpc) is 2.71. The summed E-state index contributed by atoms with van der Waals surface area (Å²) in [5, 5.41) is 20.4. The summed E-state index contributed by atoms with van der Waals surface area (Å²) in [6.45, 7) is 0.236. The van der Waals surface area contributed by atoms with Crippen LogP contribution in [0.1, 0.15) is 16.7 Å². The molecule has 0 N–H and O–H groups in total. The van der Waals surface area contributed by atoms with Gasteiger partial charge in [0.15, 0.2) is 0 Å². The summed E-state index contributed by atoms with van der Waals surface area (Å²) in [6.07, 6.45) is 1.66. The lowest BCUT2D eigenvalue weighted by atomic mass is 10.0. The van der Waals surface area contributed by atoms with Gasteiger partial charge in [0.2, 0.25) is 0 Å². The van der Waals surface area contributed by atoms with E-state index in [2.05, 4.69) is 28.7 Å². The molecule has 0 fully saturated rings. The Bertz CT molecular complexity index is 1140. The van der Waals surface area contributed by atoms with E-state index in [0.717, 1.165) is 14.7 Å². The van der Waals surface area contributed by atoms with Crippen LogP contribution in [0.5, 0.6) is 5.75 Å². The molecule has 0 bridgehead atoms. The summed E-state index contributed by atoms with van der Waals surface area (Å²) in [5.41, 5.74) is 2.21. The average molecular weight is 500 g/mol. The molecule has 0 radical (unpaired) electrons. The van der Waals surface area contributed by atoms with Crippen LogP contribution in [0.4, 0.5) is 10.1 Å². The maximum absolute atomic E-state index is 13.3. The van der Waals surface area contributed by atoms with Gasteiger partial charge in [0, 0.05) is 12.1 Å². The number of nitro groups is 1. The number of nitrogens with zero attached hydrogens (tertiary/aromatic N) is 2. The highest BCUT2D eigenvalue weighted by Gasteiger charge is 2.10. The standard InChI is InChI=1S/C22H14FIN2O3/c23-19-5-1-3-16(10-19)14-29-22-8-7-15(11-21(22)24)9-18(13-25)17-4-2-6-20(12-17)26(27)28/h1-12H,14H2. The second-order valence-corrected chi connectivity index (χ2v) is 7.25. The zero-order valence-electron chi connectivity index (χ0n) is 15.0. The van der Waals surface area contributed by atoms with Gasteiger partial charge in [-0.1, -0.05) is 30.3 Å². The van der Waals surface area contributed by atoms with E-state index in [1.165, 1.54) is 24.3 Å². The first-order valence-corrected chi connectivity index (χ1v) is 9.57. The topological polar surface area (TPSA) is 76.2 Å². The smallest absolute Gasteiger partial charge is 0.270 e. The SMILES string of the molecule is N#CC(=Cc1ccc(OCc2cccc(F)c2)c(I)c1)c1cccc([N+](=O)[O-])c1. The van der Waals surface area contributed by atoms with Crippen molar-refractivity contribution in [3.8, 4) is 11.8 Å². The number of nitriles is 1. The summed E-state index contributed by atoms with van der Waals surface area (Å²) < 4.78 is 19.8. The lowest BCUT2D eigenvalue weighted by Gasteiger charge is -2.09. The third-order valence-corrected chi connectivity index (χ3v) is 4.88. The molecule has 0 heterocycles. The van der Waals surface area contributed by atoms with Gasteiger partial charge in [0.1, 0.15) is 18.2 Å². The molecular weight excluding hydrogens is 486 g/mol. The molecule has 0 aliphatic carbocycles. The lowest BCUT2D eigenvalue weighted by molar-refractivity contribution is -0.384. The van der Waals surface area contributed by atoms with Crippen molar-refractivity contribution in [2.45, 2.75) is 6.61 Å². The minimum absolute atomic E-state index is 0.0701. The molecule has 7 heteroatoms. The molecule has 0 saturated heterocycles. The van der Waals surface area contributed by atoms with Crippen molar-refractivity contribution in [3.05, 3.63) is 103 Å². The zero-order valence-corrected chi connectivity index (χ0v) is 17.2. The van der Waals surface area contributed by atoms with Crippen LogP contribution in [0.3, 0.4) is 0 Å².